The maximum atomic E-state index is 4.60. The maximum Gasteiger partial charge on any atom is 0.128 e. The van der Waals surface area contributed by atoms with Crippen LogP contribution in [0.4, 0.5) is 11.5 Å². The number of nitrogens with zero attached hydrogens (tertiary/aromatic N) is 2. The Kier molecular flexibility index (Phi) is 3.38. The first-order valence-electron chi connectivity index (χ1n) is 7.60. The molecule has 3 nitrogen and oxygen atoms in total. The van der Waals surface area contributed by atoms with Gasteiger partial charge in [-0.1, -0.05) is 13.8 Å². The van der Waals surface area contributed by atoms with Crippen LogP contribution < -0.4 is 10.2 Å². The standard InChI is InChI=1S/C16H25N3/c1-16(2)8-7-13(11-16)18-14-5-6-15(17-12-14)19-9-3-4-10-19/h5-6,12-13,18H,3-4,7-11H2,1-2H3. The molecule has 2 fully saturated rings. The van der Waals surface area contributed by atoms with Crippen LogP contribution in [0.15, 0.2) is 18.3 Å². The van der Waals surface area contributed by atoms with Gasteiger partial charge in [0.05, 0.1) is 11.9 Å². The van der Waals surface area contributed by atoms with Crippen molar-refractivity contribution < 1.29 is 0 Å². The van der Waals surface area contributed by atoms with Crippen LogP contribution in [-0.2, 0) is 0 Å². The van der Waals surface area contributed by atoms with E-state index in [9.17, 15) is 0 Å². The van der Waals surface area contributed by atoms with E-state index in [1.165, 1.54) is 37.8 Å². The summed E-state index contributed by atoms with van der Waals surface area (Å²) in [6.45, 7) is 7.06. The Morgan fingerprint density at radius 2 is 2.05 bits per heavy atom. The largest absolute Gasteiger partial charge is 0.381 e. The van der Waals surface area contributed by atoms with Crippen molar-refractivity contribution in [2.24, 2.45) is 5.41 Å². The molecule has 1 aromatic rings. The van der Waals surface area contributed by atoms with E-state index in [0.29, 0.717) is 11.5 Å². The summed E-state index contributed by atoms with van der Waals surface area (Å²) < 4.78 is 0. The van der Waals surface area contributed by atoms with Crippen molar-refractivity contribution >= 4 is 11.5 Å². The van der Waals surface area contributed by atoms with Crippen molar-refractivity contribution in [3.63, 3.8) is 0 Å². The summed E-state index contributed by atoms with van der Waals surface area (Å²) in [5, 5.41) is 3.63. The zero-order valence-corrected chi connectivity index (χ0v) is 12.2. The molecule has 104 valence electrons. The van der Waals surface area contributed by atoms with E-state index in [4.69, 9.17) is 0 Å². The van der Waals surface area contributed by atoms with Gasteiger partial charge in [-0.25, -0.2) is 4.98 Å². The molecule has 1 aliphatic carbocycles. The van der Waals surface area contributed by atoms with Gasteiger partial charge in [-0.15, -0.1) is 0 Å². The van der Waals surface area contributed by atoms with Crippen LogP contribution in [0.3, 0.4) is 0 Å². The van der Waals surface area contributed by atoms with Gasteiger partial charge in [-0.3, -0.25) is 0 Å². The first kappa shape index (κ1) is 12.8. The van der Waals surface area contributed by atoms with E-state index in [1.54, 1.807) is 0 Å². The highest BCUT2D eigenvalue weighted by Gasteiger charge is 2.30. The molecule has 1 aliphatic heterocycles. The van der Waals surface area contributed by atoms with Gasteiger partial charge < -0.3 is 10.2 Å². The SMILES string of the molecule is CC1(C)CCC(Nc2ccc(N3CCCC3)nc2)C1. The lowest BCUT2D eigenvalue weighted by molar-refractivity contribution is 0.378. The first-order valence-corrected chi connectivity index (χ1v) is 7.60. The molecule has 1 unspecified atom stereocenters. The number of anilines is 2. The van der Waals surface area contributed by atoms with Crippen molar-refractivity contribution in [1.29, 1.82) is 0 Å². The average Bonchev–Trinajstić information content (AvgIpc) is 3.00. The second kappa shape index (κ2) is 5.03. The number of nitrogens with one attached hydrogen (secondary N) is 1. The molecule has 1 saturated carbocycles. The van der Waals surface area contributed by atoms with Crippen LogP contribution in [0.2, 0.25) is 0 Å². The van der Waals surface area contributed by atoms with Crippen molar-refractivity contribution in [3.05, 3.63) is 18.3 Å². The van der Waals surface area contributed by atoms with Gasteiger partial charge >= 0.3 is 0 Å². The van der Waals surface area contributed by atoms with Crippen LogP contribution in [0.5, 0.6) is 0 Å². The van der Waals surface area contributed by atoms with E-state index in [0.717, 1.165) is 18.9 Å². The van der Waals surface area contributed by atoms with Crippen LogP contribution >= 0.6 is 0 Å². The Morgan fingerprint density at radius 1 is 1.26 bits per heavy atom. The minimum absolute atomic E-state index is 0.501. The van der Waals surface area contributed by atoms with E-state index >= 15 is 0 Å². The summed E-state index contributed by atoms with van der Waals surface area (Å²) in [5.41, 5.74) is 1.67. The normalized spacial score (nSPS) is 25.8. The molecule has 3 heteroatoms. The Bertz CT molecular complexity index is 418. The van der Waals surface area contributed by atoms with Crippen LogP contribution in [0.1, 0.15) is 46.0 Å². The number of rotatable bonds is 3. The highest BCUT2D eigenvalue weighted by atomic mass is 15.2. The predicted molar refractivity (Wildman–Crippen MR) is 80.7 cm³/mol. The lowest BCUT2D eigenvalue weighted by atomic mass is 9.92. The van der Waals surface area contributed by atoms with Crippen molar-refractivity contribution in [3.8, 4) is 0 Å². The molecule has 19 heavy (non-hydrogen) atoms. The molecule has 0 aromatic carbocycles. The molecule has 1 N–H and O–H groups in total. The number of aromatic nitrogens is 1. The summed E-state index contributed by atoms with van der Waals surface area (Å²) in [6, 6.07) is 4.97. The van der Waals surface area contributed by atoms with Crippen molar-refractivity contribution in [2.75, 3.05) is 23.3 Å². The zero-order chi connectivity index (χ0) is 13.3. The molecule has 2 aliphatic rings. The Balaban J connectivity index is 1.60. The monoisotopic (exact) mass is 259 g/mol. The van der Waals surface area contributed by atoms with Crippen LogP contribution in [-0.4, -0.2) is 24.1 Å². The van der Waals surface area contributed by atoms with Gasteiger partial charge in [0.2, 0.25) is 0 Å². The molecule has 0 radical (unpaired) electrons. The molecule has 1 saturated heterocycles. The van der Waals surface area contributed by atoms with Crippen LogP contribution in [0, 0.1) is 5.41 Å². The summed E-state index contributed by atoms with van der Waals surface area (Å²) in [4.78, 5) is 6.98. The van der Waals surface area contributed by atoms with Gasteiger partial charge in [0.1, 0.15) is 5.82 Å². The summed E-state index contributed by atoms with van der Waals surface area (Å²) in [5.74, 6) is 1.13. The summed E-state index contributed by atoms with van der Waals surface area (Å²) in [6.07, 6.45) is 8.47. The number of pyridine rings is 1. The third-order valence-electron chi connectivity index (χ3n) is 4.52. The second-order valence-electron chi connectivity index (χ2n) is 6.85. The fraction of sp³-hybridized carbons (Fsp3) is 0.688. The second-order valence-corrected chi connectivity index (χ2v) is 6.85. The Hall–Kier alpha value is -1.25. The van der Waals surface area contributed by atoms with E-state index in [2.05, 4.69) is 41.2 Å². The molecule has 3 rings (SSSR count). The molecule has 1 aromatic heterocycles. The predicted octanol–water partition coefficient (Wildman–Crippen LogP) is 3.67. The molecule has 2 heterocycles. The molecule has 1 atom stereocenters. The topological polar surface area (TPSA) is 28.2 Å². The highest BCUT2D eigenvalue weighted by molar-refractivity contribution is 5.49. The number of hydrogen-bond donors (Lipinski definition) is 1. The highest BCUT2D eigenvalue weighted by Crippen LogP contribution is 2.38. The zero-order valence-electron chi connectivity index (χ0n) is 12.2. The minimum Gasteiger partial charge on any atom is -0.381 e. The van der Waals surface area contributed by atoms with Crippen molar-refractivity contribution in [2.45, 2.75) is 52.0 Å². The lowest BCUT2D eigenvalue weighted by Crippen LogP contribution is -2.20. The Labute approximate surface area is 116 Å². The van der Waals surface area contributed by atoms with E-state index in [-0.39, 0.29) is 0 Å². The maximum absolute atomic E-state index is 4.60. The van der Waals surface area contributed by atoms with Crippen molar-refractivity contribution in [1.82, 2.24) is 4.98 Å². The minimum atomic E-state index is 0.501. The average molecular weight is 259 g/mol. The van der Waals surface area contributed by atoms with Gasteiger partial charge in [0.15, 0.2) is 0 Å². The van der Waals surface area contributed by atoms with E-state index < -0.39 is 0 Å². The third-order valence-corrected chi connectivity index (χ3v) is 4.52. The molecule has 0 amide bonds. The molecular weight excluding hydrogens is 234 g/mol. The van der Waals surface area contributed by atoms with Gasteiger partial charge in [-0.2, -0.15) is 0 Å². The quantitative estimate of drug-likeness (QED) is 0.897. The fourth-order valence-electron chi connectivity index (χ4n) is 3.40. The van der Waals surface area contributed by atoms with Crippen LogP contribution in [0.25, 0.3) is 0 Å². The summed E-state index contributed by atoms with van der Waals surface area (Å²) in [7, 11) is 0. The molecular formula is C16H25N3. The molecule has 0 spiro atoms. The van der Waals surface area contributed by atoms with Gasteiger partial charge in [0, 0.05) is 19.1 Å². The van der Waals surface area contributed by atoms with Gasteiger partial charge in [0.25, 0.3) is 0 Å². The van der Waals surface area contributed by atoms with Gasteiger partial charge in [-0.05, 0) is 49.7 Å². The first-order chi connectivity index (χ1) is 9.12. The summed E-state index contributed by atoms with van der Waals surface area (Å²) >= 11 is 0. The smallest absolute Gasteiger partial charge is 0.128 e. The third kappa shape index (κ3) is 3.02. The Morgan fingerprint density at radius 3 is 2.63 bits per heavy atom. The van der Waals surface area contributed by atoms with E-state index in [1.807, 2.05) is 6.20 Å². The fourth-order valence-corrected chi connectivity index (χ4v) is 3.40. The lowest BCUT2D eigenvalue weighted by Gasteiger charge is -2.19. The number of hydrogen-bond acceptors (Lipinski definition) is 3. The molecule has 0 bridgehead atoms.